The molecule has 0 unspecified atom stereocenters. The molecule has 2 aromatic rings. The van der Waals surface area contributed by atoms with Crippen LogP contribution >= 0.6 is 0 Å². The zero-order valence-electron chi connectivity index (χ0n) is 11.0. The molecule has 2 aromatic heterocycles. The minimum Gasteiger partial charge on any atom is -0.361 e. The summed E-state index contributed by atoms with van der Waals surface area (Å²) in [5, 5.41) is 6.82. The second-order valence-electron chi connectivity index (χ2n) is 4.04. The van der Waals surface area contributed by atoms with Crippen molar-refractivity contribution in [2.75, 3.05) is 10.7 Å². The first kappa shape index (κ1) is 13.2. The van der Waals surface area contributed by atoms with Crippen molar-refractivity contribution in [2.45, 2.75) is 33.2 Å². The third kappa shape index (κ3) is 3.62. The summed E-state index contributed by atoms with van der Waals surface area (Å²) in [6.45, 7) is 4.25. The molecule has 0 fully saturated rings. The lowest BCUT2D eigenvalue weighted by molar-refractivity contribution is 0.379. The lowest BCUT2D eigenvalue weighted by Gasteiger charge is -2.07. The summed E-state index contributed by atoms with van der Waals surface area (Å²) >= 11 is 0. The van der Waals surface area contributed by atoms with Gasteiger partial charge in [-0.25, -0.2) is 15.8 Å². The molecule has 0 bridgehead atoms. The van der Waals surface area contributed by atoms with Crippen molar-refractivity contribution in [3.8, 4) is 0 Å². The van der Waals surface area contributed by atoms with E-state index in [1.165, 1.54) is 0 Å². The summed E-state index contributed by atoms with van der Waals surface area (Å²) in [6, 6.07) is 1.72. The molecule has 102 valence electrons. The first-order valence-electron chi connectivity index (χ1n) is 6.09. The smallest absolute Gasteiger partial charge is 0.245 e. The largest absolute Gasteiger partial charge is 0.361 e. The quantitative estimate of drug-likeness (QED) is 0.522. The minimum atomic E-state index is 0.410. The van der Waals surface area contributed by atoms with Crippen molar-refractivity contribution in [3.63, 3.8) is 0 Å². The van der Waals surface area contributed by atoms with Gasteiger partial charge in [-0.05, 0) is 13.3 Å². The van der Waals surface area contributed by atoms with Crippen LogP contribution in [0.1, 0.15) is 30.9 Å². The van der Waals surface area contributed by atoms with Gasteiger partial charge in [0.15, 0.2) is 5.82 Å². The van der Waals surface area contributed by atoms with Crippen molar-refractivity contribution >= 4 is 11.6 Å². The summed E-state index contributed by atoms with van der Waals surface area (Å²) in [4.78, 5) is 12.8. The molecule has 0 saturated heterocycles. The van der Waals surface area contributed by atoms with Crippen molar-refractivity contribution < 1.29 is 4.52 Å². The molecule has 0 spiro atoms. The molecule has 0 atom stereocenters. The fourth-order valence-corrected chi connectivity index (χ4v) is 1.58. The SMILES string of the molecule is CCCc1nc(NN)cc(NCc2nc(C)no2)n1. The number of nitrogens with zero attached hydrogens (tertiary/aromatic N) is 4. The molecule has 8 nitrogen and oxygen atoms in total. The molecule has 8 heteroatoms. The third-order valence-electron chi connectivity index (χ3n) is 2.38. The highest BCUT2D eigenvalue weighted by atomic mass is 16.5. The molecule has 0 aliphatic heterocycles. The predicted molar refractivity (Wildman–Crippen MR) is 70.2 cm³/mol. The minimum absolute atomic E-state index is 0.410. The number of hydrogen-bond acceptors (Lipinski definition) is 8. The van der Waals surface area contributed by atoms with E-state index >= 15 is 0 Å². The fourth-order valence-electron chi connectivity index (χ4n) is 1.58. The van der Waals surface area contributed by atoms with Gasteiger partial charge in [0.25, 0.3) is 0 Å². The Kier molecular flexibility index (Phi) is 4.24. The fraction of sp³-hybridized carbons (Fsp3) is 0.455. The Morgan fingerprint density at radius 3 is 2.68 bits per heavy atom. The predicted octanol–water partition coefficient (Wildman–Crippen LogP) is 1.02. The van der Waals surface area contributed by atoms with Crippen LogP contribution < -0.4 is 16.6 Å². The molecule has 0 saturated carbocycles. The Labute approximate surface area is 110 Å². The van der Waals surface area contributed by atoms with Crippen molar-refractivity contribution in [3.05, 3.63) is 23.6 Å². The molecule has 0 amide bonds. The molecule has 0 aliphatic rings. The van der Waals surface area contributed by atoms with E-state index < -0.39 is 0 Å². The van der Waals surface area contributed by atoms with Gasteiger partial charge < -0.3 is 15.3 Å². The van der Waals surface area contributed by atoms with Gasteiger partial charge in [-0.2, -0.15) is 4.98 Å². The molecule has 2 rings (SSSR count). The topological polar surface area (TPSA) is 115 Å². The van der Waals surface area contributed by atoms with Gasteiger partial charge in [0.2, 0.25) is 5.89 Å². The number of nitrogens with two attached hydrogens (primary N) is 1. The summed E-state index contributed by atoms with van der Waals surface area (Å²) < 4.78 is 5.01. The average Bonchev–Trinajstić information content (AvgIpc) is 2.82. The molecule has 2 heterocycles. The Balaban J connectivity index is 2.08. The van der Waals surface area contributed by atoms with E-state index in [1.807, 2.05) is 0 Å². The van der Waals surface area contributed by atoms with Crippen LogP contribution in [0, 0.1) is 6.92 Å². The van der Waals surface area contributed by atoms with E-state index in [0.717, 1.165) is 18.7 Å². The van der Waals surface area contributed by atoms with E-state index in [9.17, 15) is 0 Å². The zero-order valence-corrected chi connectivity index (χ0v) is 11.0. The Bertz CT molecular complexity index is 540. The number of hydrogen-bond donors (Lipinski definition) is 3. The van der Waals surface area contributed by atoms with Crippen LogP contribution in [-0.4, -0.2) is 20.1 Å². The molecule has 4 N–H and O–H groups in total. The highest BCUT2D eigenvalue weighted by molar-refractivity contribution is 5.46. The van der Waals surface area contributed by atoms with Crippen LogP contribution in [0.15, 0.2) is 10.6 Å². The Morgan fingerprint density at radius 1 is 1.26 bits per heavy atom. The van der Waals surface area contributed by atoms with Crippen molar-refractivity contribution in [2.24, 2.45) is 5.84 Å². The number of aryl methyl sites for hydroxylation is 2. The van der Waals surface area contributed by atoms with Crippen LogP contribution in [0.3, 0.4) is 0 Å². The summed E-state index contributed by atoms with van der Waals surface area (Å²) in [5.41, 5.74) is 2.53. The van der Waals surface area contributed by atoms with Gasteiger partial charge in [0.05, 0.1) is 6.54 Å². The summed E-state index contributed by atoms with van der Waals surface area (Å²) in [6.07, 6.45) is 1.76. The van der Waals surface area contributed by atoms with Crippen LogP contribution in [0.25, 0.3) is 0 Å². The van der Waals surface area contributed by atoms with Gasteiger partial charge in [0, 0.05) is 12.5 Å². The van der Waals surface area contributed by atoms with E-state index in [4.69, 9.17) is 10.4 Å². The highest BCUT2D eigenvalue weighted by Gasteiger charge is 2.06. The first-order valence-corrected chi connectivity index (χ1v) is 6.09. The van der Waals surface area contributed by atoms with E-state index in [2.05, 4.69) is 37.8 Å². The van der Waals surface area contributed by atoms with E-state index in [1.54, 1.807) is 13.0 Å². The van der Waals surface area contributed by atoms with Gasteiger partial charge >= 0.3 is 0 Å². The van der Waals surface area contributed by atoms with E-state index in [-0.39, 0.29) is 0 Å². The third-order valence-corrected chi connectivity index (χ3v) is 2.38. The number of aromatic nitrogens is 4. The van der Waals surface area contributed by atoms with Gasteiger partial charge in [0.1, 0.15) is 17.5 Å². The highest BCUT2D eigenvalue weighted by Crippen LogP contribution is 2.12. The number of hydrazine groups is 1. The number of nitrogen functional groups attached to an aromatic ring is 1. The maximum absolute atomic E-state index is 5.39. The Hall–Kier alpha value is -2.22. The first-order chi connectivity index (χ1) is 9.21. The second-order valence-corrected chi connectivity index (χ2v) is 4.04. The standard InChI is InChI=1S/C11H17N7O/c1-3-4-8-15-9(5-10(16-8)17-12)13-6-11-14-7(2)18-19-11/h5H,3-4,6,12H2,1-2H3,(H2,13,15,16,17). The van der Waals surface area contributed by atoms with Crippen LogP contribution in [0.5, 0.6) is 0 Å². The lowest BCUT2D eigenvalue weighted by atomic mass is 10.3. The number of nitrogens with one attached hydrogen (secondary N) is 2. The second kappa shape index (κ2) is 6.10. The normalized spacial score (nSPS) is 10.5. The number of rotatable bonds is 6. The lowest BCUT2D eigenvalue weighted by Crippen LogP contribution is -2.12. The van der Waals surface area contributed by atoms with Crippen LogP contribution in [0.4, 0.5) is 11.6 Å². The molecule has 0 aliphatic carbocycles. The van der Waals surface area contributed by atoms with Crippen LogP contribution in [-0.2, 0) is 13.0 Å². The molecule has 0 radical (unpaired) electrons. The van der Waals surface area contributed by atoms with Crippen LogP contribution in [0.2, 0.25) is 0 Å². The summed E-state index contributed by atoms with van der Waals surface area (Å²) in [7, 11) is 0. The van der Waals surface area contributed by atoms with Crippen molar-refractivity contribution in [1.29, 1.82) is 0 Å². The molecular weight excluding hydrogens is 246 g/mol. The van der Waals surface area contributed by atoms with Gasteiger partial charge in [-0.3, -0.25) is 0 Å². The maximum Gasteiger partial charge on any atom is 0.245 e. The van der Waals surface area contributed by atoms with Gasteiger partial charge in [-0.15, -0.1) is 0 Å². The maximum atomic E-state index is 5.39. The van der Waals surface area contributed by atoms with E-state index in [0.29, 0.717) is 29.9 Å². The zero-order chi connectivity index (χ0) is 13.7. The molecular formula is C11H17N7O. The van der Waals surface area contributed by atoms with Crippen molar-refractivity contribution in [1.82, 2.24) is 20.1 Å². The average molecular weight is 263 g/mol. The Morgan fingerprint density at radius 2 is 2.05 bits per heavy atom. The monoisotopic (exact) mass is 263 g/mol. The number of anilines is 2. The molecule has 0 aromatic carbocycles. The van der Waals surface area contributed by atoms with Gasteiger partial charge in [-0.1, -0.05) is 12.1 Å². The summed E-state index contributed by atoms with van der Waals surface area (Å²) in [5.74, 6) is 8.48. The molecule has 19 heavy (non-hydrogen) atoms.